The van der Waals surface area contributed by atoms with Gasteiger partial charge in [-0.25, -0.2) is 0 Å². The van der Waals surface area contributed by atoms with Gasteiger partial charge in [0.25, 0.3) is 5.91 Å². The van der Waals surface area contributed by atoms with Crippen LogP contribution in [-0.2, 0) is 4.79 Å². The smallest absolute Gasteiger partial charge is 0.250 e. The largest absolute Gasteiger partial charge is 0.317 e. The van der Waals surface area contributed by atoms with Gasteiger partial charge in [0, 0.05) is 34.4 Å². The van der Waals surface area contributed by atoms with E-state index >= 15 is 0 Å². The normalized spacial score (nSPS) is 9.44. The third-order valence-corrected chi connectivity index (χ3v) is 5.15. The first-order chi connectivity index (χ1) is 17.4. The molecule has 0 unspecified atom stereocenters. The minimum atomic E-state index is -0.349. The van der Waals surface area contributed by atoms with Crippen LogP contribution in [-0.4, -0.2) is 33.4 Å². The number of aromatic nitrogens is 2. The molecule has 0 atom stereocenters. The molecule has 0 radical (unpaired) electrons. The van der Waals surface area contributed by atoms with Crippen molar-refractivity contribution in [2.24, 2.45) is 0 Å². The van der Waals surface area contributed by atoms with Gasteiger partial charge in [0.2, 0.25) is 0 Å². The Morgan fingerprint density at radius 3 is 1.89 bits per heavy atom. The number of benzene rings is 2. The van der Waals surface area contributed by atoms with E-state index < -0.39 is 0 Å². The Labute approximate surface area is 212 Å². The van der Waals surface area contributed by atoms with E-state index in [9.17, 15) is 4.79 Å². The molecule has 6 heteroatoms. The molecule has 0 bridgehead atoms. The minimum absolute atomic E-state index is 0.0702. The summed E-state index contributed by atoms with van der Waals surface area (Å²) < 4.78 is 2.13. The van der Waals surface area contributed by atoms with Crippen LogP contribution < -0.4 is 0 Å². The highest BCUT2D eigenvalue weighted by atomic mass is 16.2. The zero-order valence-corrected chi connectivity index (χ0v) is 20.7. The standard InChI is InChI=1S/C14H11N.C8H9N3O.C8H9N/c1-2-15-13-9-5-3-7-11(13)12-8-4-6-10-14(12)15;1-7(2)8(12)11(5-3-9)6-4-10;1-3-8-5-4-7(2)9-6-8/h2-10H,1H2;1,5-6H2,2H3;3-6H,1H2,2H3. The summed E-state index contributed by atoms with van der Waals surface area (Å²) in [5.41, 5.74) is 4.88. The Bertz CT molecular complexity index is 1380. The van der Waals surface area contributed by atoms with Crippen molar-refractivity contribution in [3.05, 3.63) is 103 Å². The van der Waals surface area contributed by atoms with Crippen LogP contribution in [0.2, 0.25) is 0 Å². The molecule has 2 heterocycles. The maximum Gasteiger partial charge on any atom is 0.250 e. The minimum Gasteiger partial charge on any atom is -0.317 e. The Morgan fingerprint density at radius 1 is 0.972 bits per heavy atom. The van der Waals surface area contributed by atoms with Gasteiger partial charge in [-0.05, 0) is 37.6 Å². The summed E-state index contributed by atoms with van der Waals surface area (Å²) in [5, 5.41) is 19.2. The van der Waals surface area contributed by atoms with Crippen molar-refractivity contribution < 1.29 is 4.79 Å². The number of fused-ring (bicyclic) bond motifs is 3. The molecule has 0 saturated heterocycles. The van der Waals surface area contributed by atoms with Crippen molar-refractivity contribution >= 4 is 40.0 Å². The molecule has 0 spiro atoms. The first-order valence-corrected chi connectivity index (χ1v) is 11.2. The van der Waals surface area contributed by atoms with Crippen LogP contribution in [0.15, 0.2) is 92.2 Å². The third kappa shape index (κ3) is 7.03. The van der Waals surface area contributed by atoms with Crippen LogP contribution in [0.1, 0.15) is 18.2 Å². The van der Waals surface area contributed by atoms with Crippen LogP contribution in [0.25, 0.3) is 34.1 Å². The lowest BCUT2D eigenvalue weighted by Gasteiger charge is -2.14. The Morgan fingerprint density at radius 2 is 1.50 bits per heavy atom. The maximum atomic E-state index is 11.1. The third-order valence-electron chi connectivity index (χ3n) is 5.15. The second-order valence-corrected chi connectivity index (χ2v) is 7.78. The molecule has 6 nitrogen and oxygen atoms in total. The van der Waals surface area contributed by atoms with E-state index in [4.69, 9.17) is 10.5 Å². The van der Waals surface area contributed by atoms with Crippen LogP contribution in [0.3, 0.4) is 0 Å². The van der Waals surface area contributed by atoms with E-state index in [-0.39, 0.29) is 19.0 Å². The summed E-state index contributed by atoms with van der Waals surface area (Å²) >= 11 is 0. The van der Waals surface area contributed by atoms with Crippen LogP contribution in [0.4, 0.5) is 0 Å². The van der Waals surface area contributed by atoms with Crippen molar-refractivity contribution in [1.29, 1.82) is 10.5 Å². The molecule has 1 amide bonds. The SMILES string of the molecule is C=C(C)C(=O)N(CC#N)CC#N.C=Cc1ccc(C)nc1.C=Cn1c2ccccc2c2ccccc21. The number of para-hydroxylation sites is 2. The van der Waals surface area contributed by atoms with Gasteiger partial charge in [-0.1, -0.05) is 68.3 Å². The summed E-state index contributed by atoms with van der Waals surface area (Å²) in [6.45, 7) is 14.3. The number of nitriles is 2. The zero-order valence-electron chi connectivity index (χ0n) is 20.7. The predicted octanol–water partition coefficient (Wildman–Crippen LogP) is 6.37. The highest BCUT2D eigenvalue weighted by molar-refractivity contribution is 6.09. The number of carbonyl (C=O) groups is 1. The summed E-state index contributed by atoms with van der Waals surface area (Å²) in [4.78, 5) is 16.4. The molecule has 180 valence electrons. The van der Waals surface area contributed by atoms with Gasteiger partial charge < -0.3 is 9.47 Å². The molecular weight excluding hydrogens is 446 g/mol. The molecule has 0 saturated carbocycles. The van der Waals surface area contributed by atoms with Gasteiger partial charge in [-0.3, -0.25) is 9.78 Å². The lowest BCUT2D eigenvalue weighted by Crippen LogP contribution is -2.32. The van der Waals surface area contributed by atoms with Crippen LogP contribution in [0, 0.1) is 29.6 Å². The van der Waals surface area contributed by atoms with Crippen LogP contribution >= 0.6 is 0 Å². The number of hydrogen-bond acceptors (Lipinski definition) is 4. The summed E-state index contributed by atoms with van der Waals surface area (Å²) in [6.07, 6.45) is 5.46. The average Bonchev–Trinajstić information content (AvgIpc) is 3.23. The fourth-order valence-electron chi connectivity index (χ4n) is 3.39. The van der Waals surface area contributed by atoms with Crippen molar-refractivity contribution in [3.63, 3.8) is 0 Å². The number of aryl methyl sites for hydroxylation is 1. The molecule has 0 fully saturated rings. The second kappa shape index (κ2) is 13.7. The maximum absolute atomic E-state index is 11.1. The number of amides is 1. The lowest BCUT2D eigenvalue weighted by molar-refractivity contribution is -0.125. The van der Waals surface area contributed by atoms with Crippen molar-refractivity contribution in [3.8, 4) is 12.1 Å². The van der Waals surface area contributed by atoms with Gasteiger partial charge in [-0.2, -0.15) is 10.5 Å². The van der Waals surface area contributed by atoms with Gasteiger partial charge in [-0.15, -0.1) is 0 Å². The fourth-order valence-corrected chi connectivity index (χ4v) is 3.39. The van der Waals surface area contributed by atoms with Gasteiger partial charge >= 0.3 is 0 Å². The van der Waals surface area contributed by atoms with E-state index in [1.165, 1.54) is 21.8 Å². The molecule has 0 aliphatic carbocycles. The number of hydrogen-bond donors (Lipinski definition) is 0. The fraction of sp³-hybridized carbons (Fsp3) is 0.133. The Hall–Kier alpha value is -4.94. The van der Waals surface area contributed by atoms with Gasteiger partial charge in [0.05, 0.1) is 23.2 Å². The van der Waals surface area contributed by atoms with Crippen molar-refractivity contribution in [2.75, 3.05) is 13.1 Å². The van der Waals surface area contributed by atoms with E-state index in [1.54, 1.807) is 25.1 Å². The molecule has 2 aromatic carbocycles. The van der Waals surface area contributed by atoms with Crippen molar-refractivity contribution in [1.82, 2.24) is 14.5 Å². The Balaban J connectivity index is 0.000000197. The van der Waals surface area contributed by atoms with Gasteiger partial charge in [0.1, 0.15) is 13.1 Å². The molecule has 4 aromatic rings. The number of pyridine rings is 1. The quantitative estimate of drug-likeness (QED) is 0.248. The van der Waals surface area contributed by atoms with E-state index in [2.05, 4.69) is 77.8 Å². The number of carbonyl (C=O) groups excluding carboxylic acids is 1. The number of rotatable bonds is 5. The summed E-state index contributed by atoms with van der Waals surface area (Å²) in [5.74, 6) is -0.349. The highest BCUT2D eigenvalue weighted by Crippen LogP contribution is 2.28. The van der Waals surface area contributed by atoms with Crippen LogP contribution in [0.5, 0.6) is 0 Å². The lowest BCUT2D eigenvalue weighted by atomic mass is 10.2. The van der Waals surface area contributed by atoms with E-state index in [1.807, 2.05) is 31.5 Å². The topological polar surface area (TPSA) is 85.7 Å². The predicted molar refractivity (Wildman–Crippen MR) is 148 cm³/mol. The van der Waals surface area contributed by atoms with E-state index in [0.717, 1.165) is 16.2 Å². The Kier molecular flexibility index (Phi) is 10.4. The average molecular weight is 476 g/mol. The molecule has 0 aliphatic rings. The zero-order chi connectivity index (χ0) is 26.5. The summed E-state index contributed by atoms with van der Waals surface area (Å²) in [7, 11) is 0. The molecule has 4 rings (SSSR count). The highest BCUT2D eigenvalue weighted by Gasteiger charge is 2.12. The summed E-state index contributed by atoms with van der Waals surface area (Å²) in [6, 6.07) is 24.4. The van der Waals surface area contributed by atoms with E-state index in [0.29, 0.717) is 5.57 Å². The molecule has 2 aromatic heterocycles. The number of nitrogens with zero attached hydrogens (tertiary/aromatic N) is 5. The first kappa shape index (κ1) is 27.3. The molecular formula is C30H29N5O. The van der Waals surface area contributed by atoms with Gasteiger partial charge in [0.15, 0.2) is 0 Å². The first-order valence-electron chi connectivity index (χ1n) is 11.2. The molecule has 36 heavy (non-hydrogen) atoms. The monoisotopic (exact) mass is 475 g/mol. The molecule has 0 aliphatic heterocycles. The van der Waals surface area contributed by atoms with Crippen molar-refractivity contribution in [2.45, 2.75) is 13.8 Å². The second-order valence-electron chi connectivity index (χ2n) is 7.78. The molecule has 0 N–H and O–H groups in total.